The van der Waals surface area contributed by atoms with Gasteiger partial charge >= 0.3 is 0 Å². The Hall–Kier alpha value is -1.15. The van der Waals surface area contributed by atoms with Crippen molar-refractivity contribution in [3.8, 4) is 12.3 Å². The van der Waals surface area contributed by atoms with E-state index in [4.69, 9.17) is 6.42 Å². The molecule has 0 spiro atoms. The summed E-state index contributed by atoms with van der Waals surface area (Å²) < 4.78 is 0. The molecule has 0 aromatic rings. The van der Waals surface area contributed by atoms with Crippen LogP contribution in [0.25, 0.3) is 0 Å². The Morgan fingerprint density at radius 3 is 2.76 bits per heavy atom. The summed E-state index contributed by atoms with van der Waals surface area (Å²) in [5, 5.41) is 0. The SMILES string of the molecule is C#CCSCCN1C(=O)C2CCCCN2C(=O)C1C(C)C. The molecule has 2 saturated heterocycles. The standard InChI is InChI=1S/C16H24N2O2S/c1-4-10-21-11-9-18-14(12(2)3)16(20)17-8-6-5-7-13(17)15(18)19/h1,12-14H,5-11H2,2-3H3. The van der Waals surface area contributed by atoms with Gasteiger partial charge in [-0.05, 0) is 25.2 Å². The van der Waals surface area contributed by atoms with Crippen LogP contribution < -0.4 is 0 Å². The molecular formula is C16H24N2O2S. The first-order chi connectivity index (χ1) is 10.1. The minimum Gasteiger partial charge on any atom is -0.329 e. The number of nitrogens with zero attached hydrogens (tertiary/aromatic N) is 2. The van der Waals surface area contributed by atoms with E-state index in [1.54, 1.807) is 11.8 Å². The second kappa shape index (κ2) is 7.22. The van der Waals surface area contributed by atoms with Gasteiger partial charge in [-0.15, -0.1) is 18.2 Å². The van der Waals surface area contributed by atoms with E-state index in [1.807, 2.05) is 23.6 Å². The Balaban J connectivity index is 2.13. The Morgan fingerprint density at radius 1 is 1.33 bits per heavy atom. The fourth-order valence-corrected chi connectivity index (χ4v) is 3.86. The van der Waals surface area contributed by atoms with Crippen LogP contribution in [0.2, 0.25) is 0 Å². The highest BCUT2D eigenvalue weighted by Gasteiger charge is 2.47. The first kappa shape index (κ1) is 16.2. The van der Waals surface area contributed by atoms with Gasteiger partial charge in [0.2, 0.25) is 11.8 Å². The van der Waals surface area contributed by atoms with Crippen molar-refractivity contribution in [2.24, 2.45) is 5.92 Å². The van der Waals surface area contributed by atoms with Crippen LogP contribution >= 0.6 is 11.8 Å². The van der Waals surface area contributed by atoms with Gasteiger partial charge < -0.3 is 9.80 Å². The van der Waals surface area contributed by atoms with Crippen molar-refractivity contribution in [2.75, 3.05) is 24.6 Å². The highest BCUT2D eigenvalue weighted by Crippen LogP contribution is 2.29. The van der Waals surface area contributed by atoms with E-state index in [0.29, 0.717) is 12.3 Å². The summed E-state index contributed by atoms with van der Waals surface area (Å²) in [7, 11) is 0. The first-order valence-electron chi connectivity index (χ1n) is 7.70. The van der Waals surface area contributed by atoms with Gasteiger partial charge in [0.25, 0.3) is 0 Å². The van der Waals surface area contributed by atoms with Crippen LogP contribution in [0.15, 0.2) is 0 Å². The van der Waals surface area contributed by atoms with E-state index in [-0.39, 0.29) is 29.8 Å². The lowest BCUT2D eigenvalue weighted by molar-refractivity contribution is -0.165. The number of hydrogen-bond donors (Lipinski definition) is 0. The van der Waals surface area contributed by atoms with Gasteiger partial charge in [-0.1, -0.05) is 19.8 Å². The van der Waals surface area contributed by atoms with Crippen LogP contribution in [0.3, 0.4) is 0 Å². The van der Waals surface area contributed by atoms with Crippen LogP contribution in [-0.2, 0) is 9.59 Å². The third-order valence-electron chi connectivity index (χ3n) is 4.24. The van der Waals surface area contributed by atoms with Gasteiger partial charge in [-0.25, -0.2) is 0 Å². The molecule has 116 valence electrons. The lowest BCUT2D eigenvalue weighted by Gasteiger charge is -2.48. The number of thioether (sulfide) groups is 1. The molecule has 2 fully saturated rings. The van der Waals surface area contributed by atoms with Gasteiger partial charge in [0.05, 0.1) is 5.75 Å². The summed E-state index contributed by atoms with van der Waals surface area (Å²) in [5.74, 6) is 4.44. The molecule has 0 aromatic carbocycles. The first-order valence-corrected chi connectivity index (χ1v) is 8.85. The molecule has 0 aliphatic carbocycles. The minimum absolute atomic E-state index is 0.134. The zero-order valence-corrected chi connectivity index (χ0v) is 13.7. The lowest BCUT2D eigenvalue weighted by atomic mass is 9.91. The van der Waals surface area contributed by atoms with E-state index in [2.05, 4.69) is 5.92 Å². The summed E-state index contributed by atoms with van der Waals surface area (Å²) in [5.41, 5.74) is 0. The molecule has 2 rings (SSSR count). The van der Waals surface area contributed by atoms with Crippen LogP contribution in [0.5, 0.6) is 0 Å². The monoisotopic (exact) mass is 308 g/mol. The van der Waals surface area contributed by atoms with Crippen molar-refractivity contribution in [1.82, 2.24) is 9.80 Å². The maximum Gasteiger partial charge on any atom is 0.246 e. The Bertz CT molecular complexity index is 444. The van der Waals surface area contributed by atoms with E-state index in [0.717, 1.165) is 31.6 Å². The van der Waals surface area contributed by atoms with Crippen molar-refractivity contribution >= 4 is 23.6 Å². The quantitative estimate of drug-likeness (QED) is 0.572. The third-order valence-corrected chi connectivity index (χ3v) is 5.08. The average molecular weight is 308 g/mol. The molecule has 0 bridgehead atoms. The molecule has 21 heavy (non-hydrogen) atoms. The number of piperazine rings is 1. The second-order valence-corrected chi connectivity index (χ2v) is 7.13. The second-order valence-electron chi connectivity index (χ2n) is 6.02. The Kier molecular flexibility index (Phi) is 5.58. The smallest absolute Gasteiger partial charge is 0.246 e. The Labute approximate surface area is 131 Å². The number of hydrogen-bond acceptors (Lipinski definition) is 3. The van der Waals surface area contributed by atoms with Crippen LogP contribution in [0, 0.1) is 18.3 Å². The molecule has 2 unspecified atom stereocenters. The maximum atomic E-state index is 12.8. The molecule has 2 aliphatic heterocycles. The molecule has 0 saturated carbocycles. The van der Waals surface area contributed by atoms with Crippen molar-refractivity contribution in [3.05, 3.63) is 0 Å². The number of carbonyl (C=O) groups excluding carboxylic acids is 2. The van der Waals surface area contributed by atoms with E-state index >= 15 is 0 Å². The van der Waals surface area contributed by atoms with Crippen molar-refractivity contribution in [1.29, 1.82) is 0 Å². The van der Waals surface area contributed by atoms with Gasteiger partial charge in [-0.3, -0.25) is 9.59 Å². The molecule has 0 radical (unpaired) electrons. The highest BCUT2D eigenvalue weighted by molar-refractivity contribution is 7.99. The molecule has 5 heteroatoms. The minimum atomic E-state index is -0.307. The van der Waals surface area contributed by atoms with Crippen molar-refractivity contribution < 1.29 is 9.59 Å². The zero-order chi connectivity index (χ0) is 15.4. The molecule has 2 aliphatic rings. The van der Waals surface area contributed by atoms with Gasteiger partial charge in [0, 0.05) is 18.8 Å². The number of terminal acetylenes is 1. The molecule has 4 nitrogen and oxygen atoms in total. The fourth-order valence-electron chi connectivity index (χ4n) is 3.27. The summed E-state index contributed by atoms with van der Waals surface area (Å²) in [6.45, 7) is 5.38. The van der Waals surface area contributed by atoms with E-state index < -0.39 is 0 Å². The zero-order valence-electron chi connectivity index (χ0n) is 12.9. The van der Waals surface area contributed by atoms with Crippen LogP contribution in [0.4, 0.5) is 0 Å². The molecule has 0 N–H and O–H groups in total. The van der Waals surface area contributed by atoms with Crippen molar-refractivity contribution in [3.63, 3.8) is 0 Å². The number of amides is 2. The van der Waals surface area contributed by atoms with E-state index in [1.165, 1.54) is 0 Å². The summed E-state index contributed by atoms with van der Waals surface area (Å²) in [6.07, 6.45) is 8.10. The molecule has 0 aromatic heterocycles. The average Bonchev–Trinajstić information content (AvgIpc) is 2.48. The molecule has 2 atom stereocenters. The van der Waals surface area contributed by atoms with E-state index in [9.17, 15) is 9.59 Å². The number of fused-ring (bicyclic) bond motifs is 1. The third kappa shape index (κ3) is 3.37. The fraction of sp³-hybridized carbons (Fsp3) is 0.750. The lowest BCUT2D eigenvalue weighted by Crippen LogP contribution is -2.67. The van der Waals surface area contributed by atoms with Crippen LogP contribution in [-0.4, -0.2) is 58.3 Å². The molecule has 2 heterocycles. The summed E-state index contributed by atoms with van der Waals surface area (Å²) in [4.78, 5) is 29.1. The van der Waals surface area contributed by atoms with Crippen molar-refractivity contribution in [2.45, 2.75) is 45.2 Å². The molecular weight excluding hydrogens is 284 g/mol. The highest BCUT2D eigenvalue weighted by atomic mass is 32.2. The number of piperidine rings is 1. The summed E-state index contributed by atoms with van der Waals surface area (Å²) >= 11 is 1.64. The number of rotatable bonds is 5. The number of carbonyl (C=O) groups is 2. The molecule has 2 amide bonds. The largest absolute Gasteiger partial charge is 0.329 e. The predicted molar refractivity (Wildman–Crippen MR) is 85.8 cm³/mol. The maximum absolute atomic E-state index is 12.8. The van der Waals surface area contributed by atoms with Crippen LogP contribution in [0.1, 0.15) is 33.1 Å². The topological polar surface area (TPSA) is 40.6 Å². The summed E-state index contributed by atoms with van der Waals surface area (Å²) in [6, 6.07) is -0.530. The van der Waals surface area contributed by atoms with Gasteiger partial charge in [0.15, 0.2) is 0 Å². The predicted octanol–water partition coefficient (Wildman–Crippen LogP) is 1.60. The normalized spacial score (nSPS) is 26.0. The van der Waals surface area contributed by atoms with Gasteiger partial charge in [-0.2, -0.15) is 0 Å². The van der Waals surface area contributed by atoms with Gasteiger partial charge in [0.1, 0.15) is 12.1 Å². The Morgan fingerprint density at radius 2 is 2.10 bits per heavy atom.